The van der Waals surface area contributed by atoms with E-state index in [-0.39, 0.29) is 30.2 Å². The summed E-state index contributed by atoms with van der Waals surface area (Å²) in [5.41, 5.74) is 7.30. The highest BCUT2D eigenvalue weighted by Gasteiger charge is 2.37. The lowest BCUT2D eigenvalue weighted by atomic mass is 10.1. The minimum Gasteiger partial charge on any atom is -0.484 e. The van der Waals surface area contributed by atoms with Crippen molar-refractivity contribution in [3.63, 3.8) is 0 Å². The Hall–Kier alpha value is -1.43. The molecule has 0 radical (unpaired) electrons. The SMILES string of the molecule is CN(C)[C@H]1Cc2c(Cl)cc(Cl)cc2[C@@H]1Oc1ccc(S(=O)(=O)NCCOCCOCCN)cc1. The highest BCUT2D eigenvalue weighted by Crippen LogP contribution is 2.42. The second kappa shape index (κ2) is 12.5. The lowest BCUT2D eigenvalue weighted by Gasteiger charge is -2.27. The predicted molar refractivity (Wildman–Crippen MR) is 133 cm³/mol. The maximum Gasteiger partial charge on any atom is 0.240 e. The number of nitrogens with two attached hydrogens (primary N) is 1. The number of likely N-dealkylation sites (N-methyl/N-ethyl adjacent to an activating group) is 1. The lowest BCUT2D eigenvalue weighted by molar-refractivity contribution is 0.0530. The Kier molecular flexibility index (Phi) is 9.99. The first-order valence-corrected chi connectivity index (χ1v) is 13.2. The number of rotatable bonds is 13. The molecule has 2 aromatic rings. The molecule has 0 bridgehead atoms. The Bertz CT molecular complexity index is 1050. The molecule has 0 saturated carbocycles. The molecule has 2 aromatic carbocycles. The topological polar surface area (TPSA) is 103 Å². The molecule has 0 aromatic heterocycles. The molecule has 2 atom stereocenters. The van der Waals surface area contributed by atoms with Crippen molar-refractivity contribution in [3.05, 3.63) is 57.6 Å². The molecular formula is C23H31Cl2N3O5S. The molecule has 0 amide bonds. The molecule has 0 fully saturated rings. The fourth-order valence-corrected chi connectivity index (χ4v) is 5.39. The van der Waals surface area contributed by atoms with Gasteiger partial charge in [-0.1, -0.05) is 23.2 Å². The third-order valence-corrected chi connectivity index (χ3v) is 7.53. The Morgan fingerprint density at radius 2 is 1.74 bits per heavy atom. The average molecular weight is 532 g/mol. The van der Waals surface area contributed by atoms with E-state index in [1.165, 1.54) is 12.1 Å². The van der Waals surface area contributed by atoms with Crippen LogP contribution in [0.4, 0.5) is 0 Å². The van der Waals surface area contributed by atoms with Crippen LogP contribution in [0.25, 0.3) is 0 Å². The van der Waals surface area contributed by atoms with Crippen molar-refractivity contribution in [1.82, 2.24) is 9.62 Å². The minimum absolute atomic E-state index is 0.0664. The number of sulfonamides is 1. The molecule has 0 spiro atoms. The molecule has 3 rings (SSSR count). The van der Waals surface area contributed by atoms with Crippen molar-refractivity contribution in [1.29, 1.82) is 0 Å². The summed E-state index contributed by atoms with van der Waals surface area (Å²) in [6.45, 7) is 2.12. The zero-order chi connectivity index (χ0) is 24.7. The van der Waals surface area contributed by atoms with Crippen LogP contribution in [-0.4, -0.2) is 73.0 Å². The lowest BCUT2D eigenvalue weighted by Crippen LogP contribution is -2.34. The fraction of sp³-hybridized carbons (Fsp3) is 0.478. The van der Waals surface area contributed by atoms with Gasteiger partial charge >= 0.3 is 0 Å². The number of hydrogen-bond donors (Lipinski definition) is 2. The number of nitrogens with one attached hydrogen (secondary N) is 1. The number of nitrogens with zero attached hydrogens (tertiary/aromatic N) is 1. The van der Waals surface area contributed by atoms with E-state index < -0.39 is 10.0 Å². The van der Waals surface area contributed by atoms with Crippen LogP contribution in [0.2, 0.25) is 10.0 Å². The van der Waals surface area contributed by atoms with Gasteiger partial charge in [0.2, 0.25) is 10.0 Å². The Balaban J connectivity index is 1.60. The van der Waals surface area contributed by atoms with E-state index in [1.807, 2.05) is 20.2 Å². The quantitative estimate of drug-likeness (QED) is 0.383. The van der Waals surface area contributed by atoms with Crippen LogP contribution in [0.5, 0.6) is 5.75 Å². The first-order chi connectivity index (χ1) is 16.2. The summed E-state index contributed by atoms with van der Waals surface area (Å²) in [4.78, 5) is 2.23. The van der Waals surface area contributed by atoms with E-state index in [2.05, 4.69) is 9.62 Å². The van der Waals surface area contributed by atoms with Crippen LogP contribution in [-0.2, 0) is 25.9 Å². The number of halogens is 2. The molecule has 0 aliphatic heterocycles. The van der Waals surface area contributed by atoms with Crippen LogP contribution in [0, 0.1) is 0 Å². The molecule has 0 unspecified atom stereocenters. The van der Waals surface area contributed by atoms with Crippen molar-refractivity contribution >= 4 is 33.2 Å². The van der Waals surface area contributed by atoms with Gasteiger partial charge in [-0.05, 0) is 62.5 Å². The second-order valence-corrected chi connectivity index (χ2v) is 10.7. The van der Waals surface area contributed by atoms with Crippen molar-refractivity contribution in [3.8, 4) is 5.75 Å². The maximum atomic E-state index is 12.6. The van der Waals surface area contributed by atoms with Gasteiger partial charge in [0.15, 0.2) is 0 Å². The molecule has 34 heavy (non-hydrogen) atoms. The Morgan fingerprint density at radius 1 is 1.06 bits per heavy atom. The summed E-state index contributed by atoms with van der Waals surface area (Å²) in [6.07, 6.45) is 0.452. The zero-order valence-corrected chi connectivity index (χ0v) is 21.6. The van der Waals surface area contributed by atoms with Crippen LogP contribution in [0.1, 0.15) is 17.2 Å². The van der Waals surface area contributed by atoms with E-state index in [1.54, 1.807) is 18.2 Å². The van der Waals surface area contributed by atoms with Crippen LogP contribution >= 0.6 is 23.2 Å². The minimum atomic E-state index is -3.67. The molecule has 3 N–H and O–H groups in total. The predicted octanol–water partition coefficient (Wildman–Crippen LogP) is 2.87. The van der Waals surface area contributed by atoms with E-state index in [0.29, 0.717) is 42.2 Å². The third-order valence-electron chi connectivity index (χ3n) is 5.50. The third kappa shape index (κ3) is 7.05. The van der Waals surface area contributed by atoms with Gasteiger partial charge in [0.05, 0.1) is 37.4 Å². The monoisotopic (exact) mass is 531 g/mol. The van der Waals surface area contributed by atoms with E-state index in [9.17, 15) is 8.42 Å². The number of fused-ring (bicyclic) bond motifs is 1. The van der Waals surface area contributed by atoms with Gasteiger partial charge in [-0.3, -0.25) is 0 Å². The summed E-state index contributed by atoms with van der Waals surface area (Å²) in [6, 6.07) is 10.0. The largest absolute Gasteiger partial charge is 0.484 e. The Morgan fingerprint density at radius 3 is 2.38 bits per heavy atom. The summed E-state index contributed by atoms with van der Waals surface area (Å²) in [5, 5.41) is 1.18. The van der Waals surface area contributed by atoms with Crippen LogP contribution in [0.3, 0.4) is 0 Å². The van der Waals surface area contributed by atoms with Gasteiger partial charge in [0.1, 0.15) is 11.9 Å². The van der Waals surface area contributed by atoms with Gasteiger partial charge in [-0.25, -0.2) is 13.1 Å². The van der Waals surface area contributed by atoms with E-state index in [0.717, 1.165) is 17.5 Å². The van der Waals surface area contributed by atoms with Crippen molar-refractivity contribution < 1.29 is 22.6 Å². The molecule has 11 heteroatoms. The van der Waals surface area contributed by atoms with Crippen molar-refractivity contribution in [2.75, 3.05) is 53.6 Å². The number of hydrogen-bond acceptors (Lipinski definition) is 7. The van der Waals surface area contributed by atoms with E-state index >= 15 is 0 Å². The van der Waals surface area contributed by atoms with Gasteiger partial charge in [0, 0.05) is 28.7 Å². The van der Waals surface area contributed by atoms with Crippen molar-refractivity contribution in [2.24, 2.45) is 5.73 Å². The average Bonchev–Trinajstić information content (AvgIpc) is 3.15. The number of benzene rings is 2. The van der Waals surface area contributed by atoms with E-state index in [4.69, 9.17) is 43.1 Å². The highest BCUT2D eigenvalue weighted by atomic mass is 35.5. The molecule has 1 aliphatic carbocycles. The summed E-state index contributed by atoms with van der Waals surface area (Å²) in [7, 11) is 0.307. The molecule has 1 aliphatic rings. The highest BCUT2D eigenvalue weighted by molar-refractivity contribution is 7.89. The van der Waals surface area contributed by atoms with Gasteiger partial charge in [0.25, 0.3) is 0 Å². The molecule has 8 nitrogen and oxygen atoms in total. The first kappa shape index (κ1) is 27.2. The smallest absolute Gasteiger partial charge is 0.240 e. The van der Waals surface area contributed by atoms with Crippen molar-refractivity contribution in [2.45, 2.75) is 23.5 Å². The maximum absolute atomic E-state index is 12.6. The molecule has 188 valence electrons. The normalized spacial score (nSPS) is 17.8. The standard InChI is InChI=1S/C23H31Cl2N3O5S/c1-28(2)22-15-19-20(13-16(24)14-21(19)25)23(22)33-17-3-5-18(6-4-17)34(29,30)27-8-10-32-12-11-31-9-7-26/h3-6,13-14,22-23,27H,7-12,15,26H2,1-2H3/t22-,23-/m0/s1. The van der Waals surface area contributed by atoms with Crippen LogP contribution < -0.4 is 15.2 Å². The second-order valence-electron chi connectivity index (χ2n) is 8.11. The van der Waals surface area contributed by atoms with Gasteiger partial charge < -0.3 is 24.8 Å². The van der Waals surface area contributed by atoms with Gasteiger partial charge in [-0.2, -0.15) is 0 Å². The molecule has 0 saturated heterocycles. The Labute approximate surface area is 211 Å². The summed E-state index contributed by atoms with van der Waals surface area (Å²) < 4.78 is 44.5. The van der Waals surface area contributed by atoms with Crippen LogP contribution in [0.15, 0.2) is 41.3 Å². The molecular weight excluding hydrogens is 501 g/mol. The fourth-order valence-electron chi connectivity index (χ4n) is 3.79. The zero-order valence-electron chi connectivity index (χ0n) is 19.3. The number of ether oxygens (including phenoxy) is 3. The van der Waals surface area contributed by atoms with Gasteiger partial charge in [-0.15, -0.1) is 0 Å². The summed E-state index contributed by atoms with van der Waals surface area (Å²) in [5.74, 6) is 0.556. The molecule has 0 heterocycles. The summed E-state index contributed by atoms with van der Waals surface area (Å²) >= 11 is 12.7. The first-order valence-electron chi connectivity index (χ1n) is 11.0.